The molecule has 0 atom stereocenters. The molecule has 0 saturated carbocycles. The van der Waals surface area contributed by atoms with Crippen LogP contribution in [0.4, 0.5) is 0 Å². The molecule has 0 rings (SSSR count). The van der Waals surface area contributed by atoms with Crippen molar-refractivity contribution in [1.29, 1.82) is 0 Å². The van der Waals surface area contributed by atoms with Gasteiger partial charge in [-0.2, -0.15) is 5.84 Å². The Morgan fingerprint density at radius 2 is 2.38 bits per heavy atom. The SMILES string of the molecule is CCCC[N+](=O)NN. The highest BCUT2D eigenvalue weighted by molar-refractivity contribution is 4.25. The Hall–Kier alpha value is -0.640. The minimum atomic E-state index is 0.465. The zero-order valence-corrected chi connectivity index (χ0v) is 5.05. The molecule has 48 valence electrons. The molecule has 0 aromatic carbocycles. The second-order valence-electron chi connectivity index (χ2n) is 1.58. The summed E-state index contributed by atoms with van der Waals surface area (Å²) in [5.74, 6) is 4.78. The Balaban J connectivity index is 2.99. The second-order valence-corrected chi connectivity index (χ2v) is 1.58. The van der Waals surface area contributed by atoms with Crippen LogP contribution in [0.5, 0.6) is 0 Å². The first-order valence-corrected chi connectivity index (χ1v) is 2.72. The molecule has 0 saturated heterocycles. The van der Waals surface area contributed by atoms with Crippen molar-refractivity contribution in [2.45, 2.75) is 19.8 Å². The standard InChI is InChI=1S/C4H12N3O/c1-2-3-4-7(8)6-5/h2-5H2,1H3,(H,6,8)/q+1. The molecule has 8 heavy (non-hydrogen) atoms. The molecule has 0 aromatic heterocycles. The monoisotopic (exact) mass is 118 g/mol. The number of nitrogens with two attached hydrogens (primary N) is 1. The van der Waals surface area contributed by atoms with Gasteiger partial charge in [0, 0.05) is 6.42 Å². The molecule has 0 aliphatic rings. The summed E-state index contributed by atoms with van der Waals surface area (Å²) in [5, 5.41) is 0. The summed E-state index contributed by atoms with van der Waals surface area (Å²) in [7, 11) is 0. The van der Waals surface area contributed by atoms with Crippen molar-refractivity contribution >= 4 is 0 Å². The highest BCUT2D eigenvalue weighted by Gasteiger charge is 1.99. The molecule has 3 N–H and O–H groups in total. The topological polar surface area (TPSA) is 58.1 Å². The van der Waals surface area contributed by atoms with Crippen LogP contribution in [0.1, 0.15) is 19.8 Å². The average Bonchev–Trinajstić information content (AvgIpc) is 1.83. The van der Waals surface area contributed by atoms with Crippen LogP contribution in [0.3, 0.4) is 0 Å². The van der Waals surface area contributed by atoms with Gasteiger partial charge in [0.25, 0.3) is 0 Å². The van der Waals surface area contributed by atoms with Crippen LogP contribution < -0.4 is 11.4 Å². The molecule has 0 aliphatic carbocycles. The molecule has 0 amide bonds. The van der Waals surface area contributed by atoms with E-state index in [1.54, 1.807) is 0 Å². The first-order chi connectivity index (χ1) is 3.81. The van der Waals surface area contributed by atoms with Crippen molar-refractivity contribution in [3.63, 3.8) is 0 Å². The van der Waals surface area contributed by atoms with E-state index in [0.29, 0.717) is 11.4 Å². The molecule has 0 aliphatic heterocycles. The Morgan fingerprint density at radius 1 is 1.75 bits per heavy atom. The molecular formula is C4H12N3O+. The fraction of sp³-hybridized carbons (Fsp3) is 1.00. The summed E-state index contributed by atoms with van der Waals surface area (Å²) in [6.07, 6.45) is 1.90. The molecule has 0 bridgehead atoms. The molecule has 0 heterocycles. The zero-order chi connectivity index (χ0) is 6.41. The summed E-state index contributed by atoms with van der Waals surface area (Å²) >= 11 is 0. The number of hydrazine groups is 2. The second kappa shape index (κ2) is 4.52. The van der Waals surface area contributed by atoms with Gasteiger partial charge >= 0.3 is 0 Å². The van der Waals surface area contributed by atoms with Crippen LogP contribution in [-0.2, 0) is 0 Å². The maximum atomic E-state index is 10.3. The number of nitrogens with zero attached hydrogens (tertiary/aromatic N) is 1. The van der Waals surface area contributed by atoms with Crippen molar-refractivity contribution in [3.8, 4) is 0 Å². The zero-order valence-electron chi connectivity index (χ0n) is 5.05. The van der Waals surface area contributed by atoms with Crippen LogP contribution >= 0.6 is 0 Å². The van der Waals surface area contributed by atoms with E-state index in [2.05, 4.69) is 0 Å². The van der Waals surface area contributed by atoms with Crippen molar-refractivity contribution in [2.24, 2.45) is 5.84 Å². The largest absolute Gasteiger partial charge is 0.226 e. The van der Waals surface area contributed by atoms with Gasteiger partial charge in [-0.05, 0) is 6.42 Å². The third-order valence-electron chi connectivity index (χ3n) is 0.859. The van der Waals surface area contributed by atoms with E-state index in [9.17, 15) is 4.91 Å². The molecule has 4 heteroatoms. The summed E-state index contributed by atoms with van der Waals surface area (Å²) < 4.78 is 0. The smallest absolute Gasteiger partial charge is 0.197 e. The van der Waals surface area contributed by atoms with Crippen molar-refractivity contribution in [2.75, 3.05) is 6.54 Å². The minimum Gasteiger partial charge on any atom is -0.197 e. The number of nitrogens with one attached hydrogen (secondary N) is 1. The third-order valence-corrected chi connectivity index (χ3v) is 0.859. The Kier molecular flexibility index (Phi) is 4.16. The van der Waals surface area contributed by atoms with Crippen LogP contribution in [0.2, 0.25) is 0 Å². The van der Waals surface area contributed by atoms with Crippen molar-refractivity contribution < 1.29 is 4.87 Å². The lowest BCUT2D eigenvalue weighted by molar-refractivity contribution is -0.609. The molecule has 0 fully saturated rings. The predicted molar refractivity (Wildman–Crippen MR) is 30.7 cm³/mol. The summed E-state index contributed by atoms with van der Waals surface area (Å²) in [6.45, 7) is 2.48. The molecule has 4 nitrogen and oxygen atoms in total. The third kappa shape index (κ3) is 3.55. The number of nitroso groups, excluding NO2 is 1. The molecule has 0 unspecified atom stereocenters. The lowest BCUT2D eigenvalue weighted by Crippen LogP contribution is -2.33. The van der Waals surface area contributed by atoms with Gasteiger partial charge in [0.2, 0.25) is 6.54 Å². The van der Waals surface area contributed by atoms with Gasteiger partial charge in [0.1, 0.15) is 4.87 Å². The van der Waals surface area contributed by atoms with Gasteiger partial charge in [-0.25, -0.2) is 0 Å². The number of rotatable bonds is 4. The van der Waals surface area contributed by atoms with Gasteiger partial charge in [-0.3, -0.25) is 0 Å². The van der Waals surface area contributed by atoms with Crippen LogP contribution in [0.15, 0.2) is 0 Å². The molecular weight excluding hydrogens is 106 g/mol. The van der Waals surface area contributed by atoms with Crippen LogP contribution in [0, 0.1) is 4.91 Å². The fourth-order valence-corrected chi connectivity index (χ4v) is 0.366. The predicted octanol–water partition coefficient (Wildman–Crippen LogP) is -0.0563. The van der Waals surface area contributed by atoms with Gasteiger partial charge in [0.05, 0.1) is 4.91 Å². The average molecular weight is 118 g/mol. The minimum absolute atomic E-state index is 0.465. The van der Waals surface area contributed by atoms with Crippen LogP contribution in [0.25, 0.3) is 0 Å². The van der Waals surface area contributed by atoms with Gasteiger partial charge < -0.3 is 0 Å². The number of hydrogen-bond donors (Lipinski definition) is 2. The van der Waals surface area contributed by atoms with E-state index in [1.165, 1.54) is 0 Å². The van der Waals surface area contributed by atoms with Gasteiger partial charge in [0.15, 0.2) is 0 Å². The fourth-order valence-electron chi connectivity index (χ4n) is 0.366. The van der Waals surface area contributed by atoms with Crippen molar-refractivity contribution in [3.05, 3.63) is 4.91 Å². The quantitative estimate of drug-likeness (QED) is 0.309. The maximum Gasteiger partial charge on any atom is 0.226 e. The molecule has 0 radical (unpaired) electrons. The highest BCUT2D eigenvalue weighted by atomic mass is 16.3. The molecule has 0 aromatic rings. The van der Waals surface area contributed by atoms with E-state index in [1.807, 2.05) is 12.5 Å². The summed E-state index contributed by atoms with van der Waals surface area (Å²) in [4.78, 5) is 10.9. The highest BCUT2D eigenvalue weighted by Crippen LogP contribution is 1.83. The van der Waals surface area contributed by atoms with E-state index in [4.69, 9.17) is 5.84 Å². The first kappa shape index (κ1) is 7.36. The lowest BCUT2D eigenvalue weighted by atomic mass is 10.3. The summed E-state index contributed by atoms with van der Waals surface area (Å²) in [6, 6.07) is 0. The van der Waals surface area contributed by atoms with Gasteiger partial charge in [-0.1, -0.05) is 12.5 Å². The number of hydrogen-bond acceptors (Lipinski definition) is 2. The first-order valence-electron chi connectivity index (χ1n) is 2.72. The Labute approximate surface area is 48.6 Å². The van der Waals surface area contributed by atoms with E-state index in [-0.39, 0.29) is 0 Å². The lowest BCUT2D eigenvalue weighted by Gasteiger charge is -1.86. The Morgan fingerprint density at radius 3 is 2.75 bits per heavy atom. The van der Waals surface area contributed by atoms with Gasteiger partial charge in [-0.15, -0.1) is 0 Å². The van der Waals surface area contributed by atoms with E-state index < -0.39 is 0 Å². The molecule has 0 spiro atoms. The normalized spacial score (nSPS) is 8.75. The maximum absolute atomic E-state index is 10.3. The Bertz CT molecular complexity index is 73.7. The van der Waals surface area contributed by atoms with Crippen LogP contribution in [-0.4, -0.2) is 11.4 Å². The number of unbranched alkanes of at least 4 members (excludes halogenated alkanes) is 1. The summed E-state index contributed by atoms with van der Waals surface area (Å²) in [5.41, 5.74) is 1.98. The van der Waals surface area contributed by atoms with E-state index in [0.717, 1.165) is 12.8 Å². The van der Waals surface area contributed by atoms with Crippen molar-refractivity contribution in [1.82, 2.24) is 5.53 Å². The van der Waals surface area contributed by atoms with E-state index >= 15 is 0 Å².